The summed E-state index contributed by atoms with van der Waals surface area (Å²) < 4.78 is 33.3. The highest BCUT2D eigenvalue weighted by Crippen LogP contribution is 2.32. The maximum atomic E-state index is 13.5. The van der Waals surface area contributed by atoms with Crippen LogP contribution in [0.4, 0.5) is 5.69 Å². The molecule has 8 heteroatoms. The van der Waals surface area contributed by atoms with Gasteiger partial charge in [-0.2, -0.15) is 0 Å². The van der Waals surface area contributed by atoms with Crippen molar-refractivity contribution in [2.75, 3.05) is 11.4 Å². The first kappa shape index (κ1) is 20.3. The Bertz CT molecular complexity index is 1110. The third-order valence-corrected chi connectivity index (χ3v) is 6.17. The molecule has 0 aliphatic heterocycles. The van der Waals surface area contributed by atoms with Crippen LogP contribution >= 0.6 is 0 Å². The monoisotopic (exact) mass is 412 g/mol. The second-order valence-electron chi connectivity index (χ2n) is 6.32. The largest absolute Gasteiger partial charge is 0.497 e. The van der Waals surface area contributed by atoms with E-state index in [0.717, 1.165) is 4.31 Å². The Morgan fingerprint density at radius 2 is 1.83 bits per heavy atom. The van der Waals surface area contributed by atoms with E-state index in [4.69, 9.17) is 4.74 Å². The number of hydrogen-bond donors (Lipinski definition) is 1. The zero-order valence-electron chi connectivity index (χ0n) is 15.9. The molecule has 0 spiro atoms. The van der Waals surface area contributed by atoms with Gasteiger partial charge in [0.25, 0.3) is 10.0 Å². The van der Waals surface area contributed by atoms with Gasteiger partial charge in [0.1, 0.15) is 5.75 Å². The molecule has 150 valence electrons. The van der Waals surface area contributed by atoms with E-state index in [9.17, 15) is 18.3 Å². The lowest BCUT2D eigenvalue weighted by molar-refractivity contribution is 0.0697. The third-order valence-electron chi connectivity index (χ3n) is 4.41. The summed E-state index contributed by atoms with van der Waals surface area (Å²) in [5.74, 6) is -0.685. The van der Waals surface area contributed by atoms with Crippen LogP contribution < -0.4 is 9.04 Å². The predicted molar refractivity (Wildman–Crippen MR) is 109 cm³/mol. The van der Waals surface area contributed by atoms with Gasteiger partial charge in [0, 0.05) is 12.4 Å². The van der Waals surface area contributed by atoms with Crippen molar-refractivity contribution in [2.45, 2.75) is 18.4 Å². The van der Waals surface area contributed by atoms with Crippen LogP contribution in [0, 0.1) is 6.92 Å². The highest BCUT2D eigenvalue weighted by Gasteiger charge is 2.30. The molecule has 7 nitrogen and oxygen atoms in total. The second kappa shape index (κ2) is 8.32. The number of rotatable bonds is 7. The highest BCUT2D eigenvalue weighted by molar-refractivity contribution is 7.92. The molecule has 3 aromatic rings. The van der Waals surface area contributed by atoms with Gasteiger partial charge in [0.05, 0.1) is 29.8 Å². The summed E-state index contributed by atoms with van der Waals surface area (Å²) in [6.45, 7) is 1.62. The van der Waals surface area contributed by atoms with E-state index in [1.807, 2.05) is 0 Å². The van der Waals surface area contributed by atoms with E-state index in [0.29, 0.717) is 16.9 Å². The van der Waals surface area contributed by atoms with Gasteiger partial charge in [-0.05, 0) is 54.4 Å². The van der Waals surface area contributed by atoms with Crippen LogP contribution in [0.2, 0.25) is 0 Å². The van der Waals surface area contributed by atoms with Gasteiger partial charge >= 0.3 is 5.97 Å². The van der Waals surface area contributed by atoms with E-state index in [1.165, 1.54) is 25.3 Å². The third kappa shape index (κ3) is 4.22. The van der Waals surface area contributed by atoms with Crippen molar-refractivity contribution in [2.24, 2.45) is 0 Å². The SMILES string of the molecule is COc1ccc(S(=O)(=O)N(Cc2cccnc2)c2c(C)cccc2C(=O)O)cc1. The first-order valence-electron chi connectivity index (χ1n) is 8.73. The van der Waals surface area contributed by atoms with Crippen molar-refractivity contribution in [3.8, 4) is 5.75 Å². The number of hydrogen-bond acceptors (Lipinski definition) is 5. The van der Waals surface area contributed by atoms with Gasteiger partial charge in [0.2, 0.25) is 0 Å². The topological polar surface area (TPSA) is 96.8 Å². The lowest BCUT2D eigenvalue weighted by Gasteiger charge is -2.27. The number of carboxylic acid groups (broad SMARTS) is 1. The Morgan fingerprint density at radius 3 is 2.41 bits per heavy atom. The molecule has 0 atom stereocenters. The van der Waals surface area contributed by atoms with E-state index >= 15 is 0 Å². The second-order valence-corrected chi connectivity index (χ2v) is 8.19. The predicted octanol–water partition coefficient (Wildman–Crippen LogP) is 3.49. The summed E-state index contributed by atoms with van der Waals surface area (Å²) in [6, 6.07) is 14.1. The smallest absolute Gasteiger partial charge is 0.337 e. The number of aromatic carboxylic acids is 1. The summed E-state index contributed by atoms with van der Waals surface area (Å²) in [5, 5.41) is 9.66. The number of carbonyl (C=O) groups is 1. The fourth-order valence-electron chi connectivity index (χ4n) is 2.98. The normalized spacial score (nSPS) is 11.1. The zero-order valence-corrected chi connectivity index (χ0v) is 16.8. The number of aromatic nitrogens is 1. The average molecular weight is 412 g/mol. The molecule has 0 saturated carbocycles. The number of pyridine rings is 1. The minimum Gasteiger partial charge on any atom is -0.497 e. The van der Waals surface area contributed by atoms with Crippen molar-refractivity contribution >= 4 is 21.7 Å². The van der Waals surface area contributed by atoms with Crippen molar-refractivity contribution in [3.63, 3.8) is 0 Å². The molecule has 0 radical (unpaired) electrons. The highest BCUT2D eigenvalue weighted by atomic mass is 32.2. The van der Waals surface area contributed by atoms with Crippen LogP contribution in [0.25, 0.3) is 0 Å². The molecule has 29 heavy (non-hydrogen) atoms. The number of aryl methyl sites for hydroxylation is 1. The number of ether oxygens (including phenoxy) is 1. The molecule has 0 aliphatic carbocycles. The van der Waals surface area contributed by atoms with Crippen molar-refractivity contribution in [1.82, 2.24) is 4.98 Å². The summed E-state index contributed by atoms with van der Waals surface area (Å²) >= 11 is 0. The van der Waals surface area contributed by atoms with Crippen LogP contribution in [0.1, 0.15) is 21.5 Å². The Balaban J connectivity index is 2.20. The zero-order chi connectivity index (χ0) is 21.0. The van der Waals surface area contributed by atoms with Gasteiger partial charge in [-0.1, -0.05) is 18.2 Å². The molecule has 1 N–H and O–H groups in total. The summed E-state index contributed by atoms with van der Waals surface area (Å²) in [7, 11) is -2.58. The van der Waals surface area contributed by atoms with Gasteiger partial charge in [-0.25, -0.2) is 13.2 Å². The Hall–Kier alpha value is -3.39. The van der Waals surface area contributed by atoms with Gasteiger partial charge in [-0.3, -0.25) is 9.29 Å². The fraction of sp³-hybridized carbons (Fsp3) is 0.143. The van der Waals surface area contributed by atoms with E-state index < -0.39 is 16.0 Å². The molecule has 0 saturated heterocycles. The summed E-state index contributed by atoms with van der Waals surface area (Å²) in [6.07, 6.45) is 3.14. The maximum absolute atomic E-state index is 13.5. The molecule has 0 aliphatic rings. The van der Waals surface area contributed by atoms with E-state index in [2.05, 4.69) is 4.98 Å². The van der Waals surface area contributed by atoms with Crippen LogP contribution in [-0.2, 0) is 16.6 Å². The fourth-order valence-corrected chi connectivity index (χ4v) is 4.52. The van der Waals surface area contributed by atoms with Crippen molar-refractivity contribution in [3.05, 3.63) is 83.7 Å². The van der Waals surface area contributed by atoms with E-state index in [-0.39, 0.29) is 22.7 Å². The summed E-state index contributed by atoms with van der Waals surface area (Å²) in [4.78, 5) is 15.9. The molecule has 0 amide bonds. The molecule has 1 heterocycles. The van der Waals surface area contributed by atoms with Crippen LogP contribution in [0.5, 0.6) is 5.75 Å². The van der Waals surface area contributed by atoms with Gasteiger partial charge < -0.3 is 9.84 Å². The Kier molecular flexibility index (Phi) is 5.84. The first-order chi connectivity index (χ1) is 13.8. The average Bonchev–Trinajstić information content (AvgIpc) is 2.73. The minimum absolute atomic E-state index is 0.0294. The number of nitrogens with zero attached hydrogens (tertiary/aromatic N) is 2. The van der Waals surface area contributed by atoms with Crippen LogP contribution in [0.15, 0.2) is 71.9 Å². The number of para-hydroxylation sites is 1. The molecule has 2 aromatic carbocycles. The maximum Gasteiger partial charge on any atom is 0.337 e. The quantitative estimate of drug-likeness (QED) is 0.638. The molecule has 0 fully saturated rings. The number of anilines is 1. The number of sulfonamides is 1. The van der Waals surface area contributed by atoms with Crippen molar-refractivity contribution in [1.29, 1.82) is 0 Å². The summed E-state index contributed by atoms with van der Waals surface area (Å²) in [5.41, 5.74) is 1.20. The Morgan fingerprint density at radius 1 is 1.10 bits per heavy atom. The Labute approximate surface area is 169 Å². The van der Waals surface area contributed by atoms with E-state index in [1.54, 1.807) is 55.7 Å². The molecule has 0 bridgehead atoms. The molecule has 0 unspecified atom stereocenters. The van der Waals surface area contributed by atoms with Crippen molar-refractivity contribution < 1.29 is 23.1 Å². The van der Waals surface area contributed by atoms with Crippen LogP contribution in [-0.4, -0.2) is 31.6 Å². The van der Waals surface area contributed by atoms with Crippen LogP contribution in [0.3, 0.4) is 0 Å². The molecular weight excluding hydrogens is 392 g/mol. The first-order valence-corrected chi connectivity index (χ1v) is 10.2. The lowest BCUT2D eigenvalue weighted by Crippen LogP contribution is -2.32. The minimum atomic E-state index is -4.07. The molecule has 3 rings (SSSR count). The van der Waals surface area contributed by atoms with Gasteiger partial charge in [0.15, 0.2) is 0 Å². The molecule has 1 aromatic heterocycles. The van der Waals surface area contributed by atoms with Gasteiger partial charge in [-0.15, -0.1) is 0 Å². The number of carboxylic acids is 1. The lowest BCUT2D eigenvalue weighted by atomic mass is 10.1. The number of methoxy groups -OCH3 is 1. The number of benzene rings is 2. The standard InChI is InChI=1S/C21H20N2O5S/c1-15-5-3-7-19(21(24)25)20(15)23(14-16-6-4-12-22-13-16)29(26,27)18-10-8-17(28-2)9-11-18/h3-13H,14H2,1-2H3,(H,24,25). The molecular formula is C21H20N2O5S.